The van der Waals surface area contributed by atoms with E-state index in [1.807, 2.05) is 53.9 Å². The molecule has 3 rings (SSSR count). The molecule has 0 atom stereocenters. The van der Waals surface area contributed by atoms with E-state index in [0.29, 0.717) is 13.2 Å². The van der Waals surface area contributed by atoms with Crippen molar-refractivity contribution in [1.29, 1.82) is 0 Å². The molecule has 0 fully saturated rings. The molecule has 106 valence electrons. The first kappa shape index (κ1) is 13.6. The number of anilines is 1. The van der Waals surface area contributed by atoms with E-state index in [1.54, 1.807) is 17.5 Å². The Morgan fingerprint density at radius 1 is 1.05 bits per heavy atom. The van der Waals surface area contributed by atoms with Crippen LogP contribution in [0.4, 0.5) is 5.82 Å². The Hall–Kier alpha value is -2.40. The standard InChI is InChI=1S/C16H15N3OS/c1-2-5-13(6-3-1)20-11-10-17-15-8-9-18-16(19-15)14-7-4-12-21-14/h1-9,12H,10-11H2,(H,17,18,19). The van der Waals surface area contributed by atoms with Gasteiger partial charge < -0.3 is 10.1 Å². The highest BCUT2D eigenvalue weighted by Gasteiger charge is 2.03. The van der Waals surface area contributed by atoms with E-state index in [-0.39, 0.29) is 0 Å². The Bertz CT molecular complexity index is 671. The molecular formula is C16H15N3OS. The third-order valence-corrected chi connectivity index (χ3v) is 3.68. The number of thiophene rings is 1. The summed E-state index contributed by atoms with van der Waals surface area (Å²) in [6.07, 6.45) is 1.77. The van der Waals surface area contributed by atoms with Gasteiger partial charge in [-0.2, -0.15) is 0 Å². The van der Waals surface area contributed by atoms with E-state index in [4.69, 9.17) is 4.74 Å². The molecule has 3 aromatic rings. The maximum absolute atomic E-state index is 5.63. The molecule has 0 unspecified atom stereocenters. The number of aromatic nitrogens is 2. The first-order valence-electron chi connectivity index (χ1n) is 6.70. The number of hydrogen-bond acceptors (Lipinski definition) is 5. The van der Waals surface area contributed by atoms with E-state index >= 15 is 0 Å². The van der Waals surface area contributed by atoms with Gasteiger partial charge in [-0.1, -0.05) is 24.3 Å². The van der Waals surface area contributed by atoms with Gasteiger partial charge in [-0.25, -0.2) is 9.97 Å². The fourth-order valence-electron chi connectivity index (χ4n) is 1.85. The van der Waals surface area contributed by atoms with Crippen LogP contribution in [-0.2, 0) is 0 Å². The summed E-state index contributed by atoms with van der Waals surface area (Å²) in [4.78, 5) is 9.85. The van der Waals surface area contributed by atoms with Crippen molar-refractivity contribution in [3.05, 3.63) is 60.1 Å². The van der Waals surface area contributed by atoms with Crippen molar-refractivity contribution >= 4 is 17.2 Å². The van der Waals surface area contributed by atoms with Gasteiger partial charge in [-0.05, 0) is 29.6 Å². The lowest BCUT2D eigenvalue weighted by atomic mass is 10.3. The highest BCUT2D eigenvalue weighted by Crippen LogP contribution is 2.21. The van der Waals surface area contributed by atoms with Crippen molar-refractivity contribution in [2.24, 2.45) is 0 Å². The van der Waals surface area contributed by atoms with Gasteiger partial charge in [0, 0.05) is 6.20 Å². The van der Waals surface area contributed by atoms with Crippen LogP contribution in [0.2, 0.25) is 0 Å². The molecule has 0 aliphatic carbocycles. The third kappa shape index (κ3) is 3.79. The van der Waals surface area contributed by atoms with E-state index in [1.165, 1.54) is 0 Å². The van der Waals surface area contributed by atoms with Crippen molar-refractivity contribution in [2.75, 3.05) is 18.5 Å². The summed E-state index contributed by atoms with van der Waals surface area (Å²) in [5.41, 5.74) is 0. The fourth-order valence-corrected chi connectivity index (χ4v) is 2.51. The largest absolute Gasteiger partial charge is 0.492 e. The highest BCUT2D eigenvalue weighted by atomic mass is 32.1. The zero-order chi connectivity index (χ0) is 14.3. The van der Waals surface area contributed by atoms with Crippen LogP contribution in [0.3, 0.4) is 0 Å². The van der Waals surface area contributed by atoms with Crippen LogP contribution in [0.5, 0.6) is 5.75 Å². The Balaban J connectivity index is 1.53. The molecule has 0 bridgehead atoms. The lowest BCUT2D eigenvalue weighted by Gasteiger charge is -2.08. The van der Waals surface area contributed by atoms with E-state index in [9.17, 15) is 0 Å². The molecule has 5 heteroatoms. The lowest BCUT2D eigenvalue weighted by molar-refractivity contribution is 0.333. The Kier molecular flexibility index (Phi) is 4.43. The van der Waals surface area contributed by atoms with Crippen LogP contribution < -0.4 is 10.1 Å². The van der Waals surface area contributed by atoms with Gasteiger partial charge in [0.25, 0.3) is 0 Å². The molecule has 2 aromatic heterocycles. The van der Waals surface area contributed by atoms with Crippen LogP contribution in [0, 0.1) is 0 Å². The molecule has 0 amide bonds. The van der Waals surface area contributed by atoms with Gasteiger partial charge >= 0.3 is 0 Å². The molecule has 0 saturated carbocycles. The van der Waals surface area contributed by atoms with Crippen LogP contribution in [0.25, 0.3) is 10.7 Å². The van der Waals surface area contributed by atoms with Crippen molar-refractivity contribution < 1.29 is 4.74 Å². The molecule has 2 heterocycles. The zero-order valence-corrected chi connectivity index (χ0v) is 12.2. The molecule has 0 spiro atoms. The third-order valence-electron chi connectivity index (χ3n) is 2.82. The maximum Gasteiger partial charge on any atom is 0.171 e. The maximum atomic E-state index is 5.63. The summed E-state index contributed by atoms with van der Waals surface area (Å²) >= 11 is 1.63. The molecule has 0 radical (unpaired) electrons. The van der Waals surface area contributed by atoms with Gasteiger partial charge in [0.2, 0.25) is 0 Å². The number of benzene rings is 1. The Labute approximate surface area is 127 Å². The van der Waals surface area contributed by atoms with Gasteiger partial charge in [0.05, 0.1) is 11.4 Å². The highest BCUT2D eigenvalue weighted by molar-refractivity contribution is 7.13. The summed E-state index contributed by atoms with van der Waals surface area (Å²) < 4.78 is 5.63. The van der Waals surface area contributed by atoms with Crippen molar-refractivity contribution in [1.82, 2.24) is 9.97 Å². The zero-order valence-electron chi connectivity index (χ0n) is 11.4. The molecule has 0 saturated heterocycles. The molecule has 0 aliphatic heterocycles. The normalized spacial score (nSPS) is 10.3. The first-order valence-corrected chi connectivity index (χ1v) is 7.58. The topological polar surface area (TPSA) is 47.0 Å². The summed E-state index contributed by atoms with van der Waals surface area (Å²) in [7, 11) is 0. The minimum absolute atomic E-state index is 0.586. The monoisotopic (exact) mass is 297 g/mol. The van der Waals surface area contributed by atoms with Gasteiger partial charge in [0.15, 0.2) is 5.82 Å². The molecule has 1 N–H and O–H groups in total. The van der Waals surface area contributed by atoms with Crippen molar-refractivity contribution in [2.45, 2.75) is 0 Å². The summed E-state index contributed by atoms with van der Waals surface area (Å²) in [6.45, 7) is 1.28. The minimum atomic E-state index is 0.586. The van der Waals surface area contributed by atoms with Crippen LogP contribution >= 0.6 is 11.3 Å². The molecule has 1 aromatic carbocycles. The Morgan fingerprint density at radius 3 is 2.76 bits per heavy atom. The van der Waals surface area contributed by atoms with Crippen molar-refractivity contribution in [3.8, 4) is 16.5 Å². The molecule has 4 nitrogen and oxygen atoms in total. The van der Waals surface area contributed by atoms with Gasteiger partial charge in [-0.3, -0.25) is 0 Å². The van der Waals surface area contributed by atoms with Crippen LogP contribution in [-0.4, -0.2) is 23.1 Å². The predicted molar refractivity (Wildman–Crippen MR) is 85.8 cm³/mol. The Morgan fingerprint density at radius 2 is 1.95 bits per heavy atom. The second-order valence-electron chi connectivity index (χ2n) is 4.33. The number of hydrogen-bond donors (Lipinski definition) is 1. The summed E-state index contributed by atoms with van der Waals surface area (Å²) in [5, 5.41) is 5.27. The van der Waals surface area contributed by atoms with E-state index in [0.717, 1.165) is 22.3 Å². The average molecular weight is 297 g/mol. The number of ether oxygens (including phenoxy) is 1. The summed E-state index contributed by atoms with van der Waals surface area (Å²) in [6, 6.07) is 15.7. The number of para-hydroxylation sites is 1. The average Bonchev–Trinajstić information content (AvgIpc) is 3.07. The second-order valence-corrected chi connectivity index (χ2v) is 5.28. The number of nitrogens with zero attached hydrogens (tertiary/aromatic N) is 2. The minimum Gasteiger partial charge on any atom is -0.492 e. The molecule has 0 aliphatic rings. The second kappa shape index (κ2) is 6.85. The number of nitrogens with one attached hydrogen (secondary N) is 1. The lowest BCUT2D eigenvalue weighted by Crippen LogP contribution is -2.12. The van der Waals surface area contributed by atoms with E-state index in [2.05, 4.69) is 15.3 Å². The van der Waals surface area contributed by atoms with Crippen molar-refractivity contribution in [3.63, 3.8) is 0 Å². The molecule has 21 heavy (non-hydrogen) atoms. The number of rotatable bonds is 6. The quantitative estimate of drug-likeness (QED) is 0.705. The molecular weight excluding hydrogens is 282 g/mol. The van der Waals surface area contributed by atoms with Crippen LogP contribution in [0.15, 0.2) is 60.1 Å². The van der Waals surface area contributed by atoms with Crippen LogP contribution in [0.1, 0.15) is 0 Å². The predicted octanol–water partition coefficient (Wildman–Crippen LogP) is 3.70. The van der Waals surface area contributed by atoms with E-state index < -0.39 is 0 Å². The fraction of sp³-hybridized carbons (Fsp3) is 0.125. The van der Waals surface area contributed by atoms with Gasteiger partial charge in [-0.15, -0.1) is 11.3 Å². The SMILES string of the molecule is c1ccc(OCCNc2ccnc(-c3cccs3)n2)cc1. The summed E-state index contributed by atoms with van der Waals surface area (Å²) in [5.74, 6) is 2.44. The first-order chi connectivity index (χ1) is 10.4. The smallest absolute Gasteiger partial charge is 0.171 e. The van der Waals surface area contributed by atoms with Gasteiger partial charge in [0.1, 0.15) is 18.2 Å².